The maximum atomic E-state index is 9.43. The van der Waals surface area contributed by atoms with E-state index in [1.54, 1.807) is 6.07 Å². The van der Waals surface area contributed by atoms with Crippen LogP contribution in [0.5, 0.6) is 0 Å². The number of fused-ring (bicyclic) bond motifs is 6. The first-order valence-corrected chi connectivity index (χ1v) is 16.2. The highest BCUT2D eigenvalue weighted by molar-refractivity contribution is 6.21. The minimum absolute atomic E-state index is 0.0180. The second-order valence-electron chi connectivity index (χ2n) is 12.2. The van der Waals surface area contributed by atoms with E-state index in [1.807, 2.05) is 91.0 Å². The first kappa shape index (κ1) is 18.4. The summed E-state index contributed by atoms with van der Waals surface area (Å²) in [5.41, 5.74) is 5.52. The Morgan fingerprint density at radius 3 is 1.80 bits per heavy atom. The highest BCUT2D eigenvalue weighted by atomic mass is 16.3. The molecule has 0 aliphatic heterocycles. The molecular weight excluding hydrogens is 605 g/mol. The van der Waals surface area contributed by atoms with Crippen LogP contribution >= 0.6 is 0 Å². The van der Waals surface area contributed by atoms with E-state index in [4.69, 9.17) is 16.8 Å². The van der Waals surface area contributed by atoms with E-state index in [9.17, 15) is 5.48 Å². The van der Waals surface area contributed by atoms with Gasteiger partial charge in [-0.1, -0.05) is 163 Å². The van der Waals surface area contributed by atoms with Gasteiger partial charge in [-0.2, -0.15) is 0 Å². The molecule has 0 atom stereocenters. The van der Waals surface area contributed by atoms with Crippen molar-refractivity contribution < 1.29 is 22.2 Å². The smallest absolute Gasteiger partial charge is 0.136 e. The largest absolute Gasteiger partial charge is 0.456 e. The maximum Gasteiger partial charge on any atom is 0.136 e. The molecular formula is C49H32O. The van der Waals surface area contributed by atoms with Crippen molar-refractivity contribution in [2.75, 3.05) is 0 Å². The second kappa shape index (κ2) is 11.6. The Morgan fingerprint density at radius 1 is 0.420 bits per heavy atom. The monoisotopic (exact) mass is 649 g/mol. The molecule has 0 bridgehead atoms. The molecule has 1 heterocycles. The van der Waals surface area contributed by atoms with Crippen LogP contribution < -0.4 is 0 Å². The number of furan rings is 1. The Labute approximate surface area is 308 Å². The van der Waals surface area contributed by atoms with E-state index < -0.39 is 85.0 Å². The summed E-state index contributed by atoms with van der Waals surface area (Å²) in [6.07, 6.45) is -0.498. The third-order valence-electron chi connectivity index (χ3n) is 9.47. The lowest BCUT2D eigenvalue weighted by molar-refractivity contribution is 0.669. The Kier molecular flexibility index (Phi) is 4.26. The van der Waals surface area contributed by atoms with Crippen LogP contribution in [0.25, 0.3) is 87.6 Å². The van der Waals surface area contributed by atoms with Gasteiger partial charge in [0.1, 0.15) is 11.2 Å². The standard InChI is InChI=1S/C49H32O/c1-3-14-32(15-4-1)30-44-37-20-9-11-22-40(37)48(41-23-12-10-21-38(41)44)43-28-27-39(35-18-7-8-19-36(35)43)42-24-13-25-47-49(42)45-31-34(26-29-46(45)50-47)33-16-5-2-6-17-33/h1-29,31H,30H2/i1D,3D,4D,9D,10D,11D,12D,14D,15D,20D,21D,22D,23D. The third kappa shape index (κ3) is 4.55. The van der Waals surface area contributed by atoms with Gasteiger partial charge in [-0.3, -0.25) is 0 Å². The lowest BCUT2D eigenvalue weighted by atomic mass is 9.84. The summed E-state index contributed by atoms with van der Waals surface area (Å²) in [5.74, 6) is 0. The van der Waals surface area contributed by atoms with Crippen molar-refractivity contribution in [3.05, 3.63) is 193 Å². The van der Waals surface area contributed by atoms with Gasteiger partial charge in [-0.15, -0.1) is 0 Å². The van der Waals surface area contributed by atoms with Gasteiger partial charge in [0.25, 0.3) is 0 Å². The Morgan fingerprint density at radius 2 is 1.06 bits per heavy atom. The molecule has 10 rings (SSSR count). The summed E-state index contributed by atoms with van der Waals surface area (Å²) < 4.78 is 122. The predicted molar refractivity (Wildman–Crippen MR) is 212 cm³/mol. The molecule has 1 heteroatoms. The zero-order valence-electron chi connectivity index (χ0n) is 39.4. The molecule has 234 valence electrons. The molecule has 0 saturated heterocycles. The summed E-state index contributed by atoms with van der Waals surface area (Å²) in [6.45, 7) is 0. The van der Waals surface area contributed by atoms with Crippen molar-refractivity contribution in [2.24, 2.45) is 0 Å². The highest BCUT2D eigenvalue weighted by Crippen LogP contribution is 2.46. The molecule has 50 heavy (non-hydrogen) atoms. The molecule has 9 aromatic carbocycles. The Balaban J connectivity index is 1.33. The molecule has 0 radical (unpaired) electrons. The Hall–Kier alpha value is -6.44. The molecule has 0 saturated carbocycles. The molecule has 0 aliphatic carbocycles. The van der Waals surface area contributed by atoms with Gasteiger partial charge in [0.15, 0.2) is 0 Å². The van der Waals surface area contributed by atoms with Gasteiger partial charge in [0.2, 0.25) is 0 Å². The van der Waals surface area contributed by atoms with E-state index in [2.05, 4.69) is 6.07 Å². The number of hydrogen-bond acceptors (Lipinski definition) is 1. The quantitative estimate of drug-likeness (QED) is 0.169. The summed E-state index contributed by atoms with van der Waals surface area (Å²) in [5, 5.41) is 2.95. The van der Waals surface area contributed by atoms with Crippen molar-refractivity contribution in [2.45, 2.75) is 6.42 Å². The maximum absolute atomic E-state index is 9.43. The van der Waals surface area contributed by atoms with Crippen molar-refractivity contribution in [1.82, 2.24) is 0 Å². The number of rotatable bonds is 5. The van der Waals surface area contributed by atoms with E-state index in [0.29, 0.717) is 22.1 Å². The fraction of sp³-hybridized carbons (Fsp3) is 0.0204. The molecule has 0 spiro atoms. The van der Waals surface area contributed by atoms with Crippen LogP contribution in [0.15, 0.2) is 186 Å². The van der Waals surface area contributed by atoms with Crippen LogP contribution in [0.1, 0.15) is 28.9 Å². The van der Waals surface area contributed by atoms with Crippen molar-refractivity contribution in [3.8, 4) is 33.4 Å². The zero-order chi connectivity index (χ0) is 44.3. The number of benzene rings is 9. The van der Waals surface area contributed by atoms with Crippen LogP contribution in [0.2, 0.25) is 0 Å². The lowest BCUT2D eigenvalue weighted by Crippen LogP contribution is -1.96. The average Bonchev–Trinajstić information content (AvgIpc) is 3.69. The highest BCUT2D eigenvalue weighted by Gasteiger charge is 2.20. The average molecular weight is 650 g/mol. The fourth-order valence-corrected chi connectivity index (χ4v) is 7.30. The zero-order valence-corrected chi connectivity index (χ0v) is 26.4. The molecule has 0 aliphatic rings. The van der Waals surface area contributed by atoms with Crippen molar-refractivity contribution in [3.63, 3.8) is 0 Å². The van der Waals surface area contributed by atoms with Gasteiger partial charge >= 0.3 is 0 Å². The normalized spacial score (nSPS) is 15.3. The van der Waals surface area contributed by atoms with E-state index in [0.717, 1.165) is 38.4 Å². The minimum atomic E-state index is -0.618. The summed E-state index contributed by atoms with van der Waals surface area (Å²) >= 11 is 0. The van der Waals surface area contributed by atoms with Gasteiger partial charge in [-0.05, 0) is 101 Å². The fourth-order valence-electron chi connectivity index (χ4n) is 7.30. The third-order valence-corrected chi connectivity index (χ3v) is 9.47. The molecule has 0 amide bonds. The summed E-state index contributed by atoms with van der Waals surface area (Å²) in [4.78, 5) is 0. The van der Waals surface area contributed by atoms with Crippen molar-refractivity contribution >= 4 is 54.3 Å². The SMILES string of the molecule is [2H]c1c([2H])c([2H])c(Cc2c3c([2H])c([2H])c([2H])c([2H])c3c(-c3ccc(-c4cccc5oc6ccc(-c7ccccc7)cc6c45)c4ccccc34)c3c([2H])c([2H])c([2H])c([2H])c23)c([2H])c1[2H]. The van der Waals surface area contributed by atoms with Crippen LogP contribution in [0.3, 0.4) is 0 Å². The Bertz CT molecular complexity index is 3520. The van der Waals surface area contributed by atoms with Gasteiger partial charge < -0.3 is 4.42 Å². The van der Waals surface area contributed by atoms with E-state index >= 15 is 0 Å². The van der Waals surface area contributed by atoms with E-state index in [-0.39, 0.29) is 38.2 Å². The predicted octanol–water partition coefficient (Wildman–Crippen LogP) is 13.6. The molecule has 1 aromatic heterocycles. The molecule has 0 fully saturated rings. The molecule has 10 aromatic rings. The van der Waals surface area contributed by atoms with Gasteiger partial charge in [-0.25, -0.2) is 0 Å². The number of hydrogen-bond donors (Lipinski definition) is 0. The topological polar surface area (TPSA) is 13.1 Å². The van der Waals surface area contributed by atoms with E-state index in [1.165, 1.54) is 0 Å². The summed E-state index contributed by atoms with van der Waals surface area (Å²) in [7, 11) is 0. The van der Waals surface area contributed by atoms with Crippen LogP contribution in [-0.2, 0) is 6.42 Å². The molecule has 0 N–H and O–H groups in total. The second-order valence-corrected chi connectivity index (χ2v) is 12.2. The minimum Gasteiger partial charge on any atom is -0.456 e. The lowest BCUT2D eigenvalue weighted by Gasteiger charge is -2.19. The summed E-state index contributed by atoms with van der Waals surface area (Å²) in [6, 6.07) is 26.0. The molecule has 0 unspecified atom stereocenters. The first-order chi connectivity index (χ1) is 30.2. The van der Waals surface area contributed by atoms with Gasteiger partial charge in [0, 0.05) is 10.8 Å². The van der Waals surface area contributed by atoms with Crippen LogP contribution in [0.4, 0.5) is 0 Å². The first-order valence-electron chi connectivity index (χ1n) is 22.7. The van der Waals surface area contributed by atoms with Crippen LogP contribution in [-0.4, -0.2) is 0 Å². The molecule has 1 nitrogen and oxygen atoms in total. The van der Waals surface area contributed by atoms with Gasteiger partial charge in [0.05, 0.1) is 17.8 Å². The van der Waals surface area contributed by atoms with Crippen LogP contribution in [0, 0.1) is 0 Å². The van der Waals surface area contributed by atoms with Crippen molar-refractivity contribution in [1.29, 1.82) is 0 Å².